The highest BCUT2D eigenvalue weighted by molar-refractivity contribution is 4.82. The van der Waals surface area contributed by atoms with Gasteiger partial charge in [0, 0.05) is 6.42 Å². The molecule has 0 aromatic carbocycles. The molecule has 1 aliphatic heterocycles. The fraction of sp³-hybridized carbons (Fsp3) is 1.00. The monoisotopic (exact) mass is 147 g/mol. The second-order valence-corrected chi connectivity index (χ2v) is 2.68. The number of nitrogens with two attached hydrogens (primary N) is 1. The van der Waals surface area contributed by atoms with Crippen LogP contribution in [0.3, 0.4) is 0 Å². The second-order valence-electron chi connectivity index (χ2n) is 2.68. The molecule has 4 unspecified atom stereocenters. The third kappa shape index (κ3) is 1.46. The predicted molar refractivity (Wildman–Crippen MR) is 35.2 cm³/mol. The van der Waals surface area contributed by atoms with Crippen LogP contribution < -0.4 is 5.73 Å². The van der Waals surface area contributed by atoms with Crippen molar-refractivity contribution in [3.63, 3.8) is 0 Å². The van der Waals surface area contributed by atoms with Gasteiger partial charge in [-0.25, -0.2) is 0 Å². The van der Waals surface area contributed by atoms with E-state index in [1.165, 1.54) is 0 Å². The standard InChI is InChI=1S/C6H13NO3/c1-3-6(7)4(8)2-5(9)10-3/h3-6,8-9H,2,7H2,1H3. The first-order valence-electron chi connectivity index (χ1n) is 3.38. The van der Waals surface area contributed by atoms with Crippen molar-refractivity contribution in [3.05, 3.63) is 0 Å². The van der Waals surface area contributed by atoms with Gasteiger partial charge in [-0.3, -0.25) is 0 Å². The molecule has 1 heterocycles. The zero-order valence-electron chi connectivity index (χ0n) is 5.90. The molecule has 4 heteroatoms. The molecule has 0 bridgehead atoms. The summed E-state index contributed by atoms with van der Waals surface area (Å²) in [6, 6.07) is -0.372. The molecule has 0 amide bonds. The van der Waals surface area contributed by atoms with Gasteiger partial charge in [-0.15, -0.1) is 0 Å². The Hall–Kier alpha value is -0.160. The SMILES string of the molecule is CC1OC(O)CC(O)C1N. The Balaban J connectivity index is 2.49. The van der Waals surface area contributed by atoms with E-state index in [1.54, 1.807) is 6.92 Å². The van der Waals surface area contributed by atoms with Gasteiger partial charge in [0.25, 0.3) is 0 Å². The van der Waals surface area contributed by atoms with Crippen molar-refractivity contribution < 1.29 is 14.9 Å². The quantitative estimate of drug-likeness (QED) is 0.402. The molecule has 0 aliphatic carbocycles. The third-order valence-electron chi connectivity index (χ3n) is 1.80. The molecule has 0 radical (unpaired) electrons. The summed E-state index contributed by atoms with van der Waals surface area (Å²) in [7, 11) is 0. The van der Waals surface area contributed by atoms with Gasteiger partial charge in [-0.05, 0) is 6.92 Å². The van der Waals surface area contributed by atoms with Gasteiger partial charge < -0.3 is 20.7 Å². The van der Waals surface area contributed by atoms with E-state index in [4.69, 9.17) is 20.7 Å². The average molecular weight is 147 g/mol. The Bertz CT molecular complexity index is 108. The van der Waals surface area contributed by atoms with Gasteiger partial charge in [0.05, 0.1) is 18.2 Å². The van der Waals surface area contributed by atoms with E-state index >= 15 is 0 Å². The second kappa shape index (κ2) is 2.84. The van der Waals surface area contributed by atoms with Gasteiger partial charge in [0.1, 0.15) is 0 Å². The van der Waals surface area contributed by atoms with Crippen molar-refractivity contribution >= 4 is 0 Å². The average Bonchev–Trinajstić information content (AvgIpc) is 1.82. The van der Waals surface area contributed by atoms with Crippen LogP contribution in [-0.2, 0) is 4.74 Å². The van der Waals surface area contributed by atoms with Crippen LogP contribution >= 0.6 is 0 Å². The van der Waals surface area contributed by atoms with Crippen LogP contribution in [0.15, 0.2) is 0 Å². The molecule has 0 aromatic heterocycles. The van der Waals surface area contributed by atoms with E-state index in [2.05, 4.69) is 0 Å². The Morgan fingerprint density at radius 3 is 2.60 bits per heavy atom. The summed E-state index contributed by atoms with van der Waals surface area (Å²) in [5.74, 6) is 0. The van der Waals surface area contributed by atoms with Crippen LogP contribution in [0.5, 0.6) is 0 Å². The molecular formula is C6H13NO3. The summed E-state index contributed by atoms with van der Waals surface area (Å²) in [6.45, 7) is 1.73. The highest BCUT2D eigenvalue weighted by atomic mass is 16.6. The maximum Gasteiger partial charge on any atom is 0.157 e. The van der Waals surface area contributed by atoms with Crippen LogP contribution in [0, 0.1) is 0 Å². The normalized spacial score (nSPS) is 49.2. The fourth-order valence-corrected chi connectivity index (χ4v) is 1.07. The highest BCUT2D eigenvalue weighted by Gasteiger charge is 2.31. The van der Waals surface area contributed by atoms with E-state index in [1.807, 2.05) is 0 Å². The molecular weight excluding hydrogens is 134 g/mol. The summed E-state index contributed by atoms with van der Waals surface area (Å²) in [5, 5.41) is 18.1. The molecule has 1 aliphatic rings. The Morgan fingerprint density at radius 1 is 1.50 bits per heavy atom. The van der Waals surface area contributed by atoms with E-state index in [0.717, 1.165) is 0 Å². The first kappa shape index (κ1) is 7.94. The third-order valence-corrected chi connectivity index (χ3v) is 1.80. The van der Waals surface area contributed by atoms with Crippen LogP contribution in [0.1, 0.15) is 13.3 Å². The minimum atomic E-state index is -0.857. The van der Waals surface area contributed by atoms with Gasteiger partial charge in [0.15, 0.2) is 6.29 Å². The lowest BCUT2D eigenvalue weighted by Crippen LogP contribution is -2.51. The number of ether oxygens (including phenoxy) is 1. The van der Waals surface area contributed by atoms with Gasteiger partial charge >= 0.3 is 0 Å². The fourth-order valence-electron chi connectivity index (χ4n) is 1.07. The van der Waals surface area contributed by atoms with E-state index in [-0.39, 0.29) is 18.6 Å². The van der Waals surface area contributed by atoms with Crippen molar-refractivity contribution in [2.24, 2.45) is 5.73 Å². The Labute approximate surface area is 59.6 Å². The van der Waals surface area contributed by atoms with Gasteiger partial charge in [-0.2, -0.15) is 0 Å². The topological polar surface area (TPSA) is 75.7 Å². The maximum absolute atomic E-state index is 9.15. The Kier molecular flexibility index (Phi) is 2.25. The molecule has 60 valence electrons. The molecule has 1 rings (SSSR count). The van der Waals surface area contributed by atoms with E-state index < -0.39 is 12.4 Å². The molecule has 4 N–H and O–H groups in total. The highest BCUT2D eigenvalue weighted by Crippen LogP contribution is 2.16. The largest absolute Gasteiger partial charge is 0.391 e. The van der Waals surface area contributed by atoms with Crippen LogP contribution in [0.25, 0.3) is 0 Å². The first-order valence-corrected chi connectivity index (χ1v) is 3.38. The number of rotatable bonds is 0. The number of hydrogen-bond acceptors (Lipinski definition) is 4. The Morgan fingerprint density at radius 2 is 2.10 bits per heavy atom. The van der Waals surface area contributed by atoms with Crippen molar-refractivity contribution in [3.8, 4) is 0 Å². The summed E-state index contributed by atoms with van der Waals surface area (Å²) >= 11 is 0. The van der Waals surface area contributed by atoms with Crippen LogP contribution in [-0.4, -0.2) is 34.8 Å². The lowest BCUT2D eigenvalue weighted by molar-refractivity contribution is -0.191. The molecule has 1 fully saturated rings. The molecule has 0 spiro atoms. The molecule has 0 aromatic rings. The van der Waals surface area contributed by atoms with Crippen molar-refractivity contribution in [2.45, 2.75) is 37.9 Å². The van der Waals surface area contributed by atoms with Crippen LogP contribution in [0.2, 0.25) is 0 Å². The molecule has 4 atom stereocenters. The lowest BCUT2D eigenvalue weighted by Gasteiger charge is -2.33. The number of hydrogen-bond donors (Lipinski definition) is 3. The van der Waals surface area contributed by atoms with E-state index in [9.17, 15) is 0 Å². The number of aliphatic hydroxyl groups excluding tert-OH is 2. The summed E-state index contributed by atoms with van der Waals surface area (Å²) < 4.78 is 4.94. The summed E-state index contributed by atoms with van der Waals surface area (Å²) in [5.41, 5.74) is 5.50. The smallest absolute Gasteiger partial charge is 0.157 e. The minimum absolute atomic E-state index is 0.214. The maximum atomic E-state index is 9.15. The lowest BCUT2D eigenvalue weighted by atomic mass is 10.0. The molecule has 1 saturated heterocycles. The van der Waals surface area contributed by atoms with Crippen molar-refractivity contribution in [2.75, 3.05) is 0 Å². The summed E-state index contributed by atoms with van der Waals surface area (Å²) in [6.07, 6.45) is -1.55. The van der Waals surface area contributed by atoms with Gasteiger partial charge in [-0.1, -0.05) is 0 Å². The summed E-state index contributed by atoms with van der Waals surface area (Å²) in [4.78, 5) is 0. The van der Waals surface area contributed by atoms with E-state index in [0.29, 0.717) is 0 Å². The molecule has 10 heavy (non-hydrogen) atoms. The zero-order valence-corrected chi connectivity index (χ0v) is 5.90. The molecule has 0 saturated carbocycles. The predicted octanol–water partition coefficient (Wildman–Crippen LogP) is -1.20. The van der Waals surface area contributed by atoms with Crippen molar-refractivity contribution in [1.82, 2.24) is 0 Å². The van der Waals surface area contributed by atoms with Crippen LogP contribution in [0.4, 0.5) is 0 Å². The molecule has 4 nitrogen and oxygen atoms in total. The minimum Gasteiger partial charge on any atom is -0.391 e. The first-order chi connectivity index (χ1) is 4.61. The van der Waals surface area contributed by atoms with Gasteiger partial charge in [0.2, 0.25) is 0 Å². The van der Waals surface area contributed by atoms with Crippen molar-refractivity contribution in [1.29, 1.82) is 0 Å². The number of aliphatic hydroxyl groups is 2. The zero-order chi connectivity index (χ0) is 7.72.